The largest absolute Gasteiger partial charge is 0.380 e. The zero-order valence-electron chi connectivity index (χ0n) is 14.2. The van der Waals surface area contributed by atoms with Gasteiger partial charge in [0.25, 0.3) is 0 Å². The fourth-order valence-corrected chi connectivity index (χ4v) is 2.77. The molecule has 3 nitrogen and oxygen atoms in total. The summed E-state index contributed by atoms with van der Waals surface area (Å²) in [6.07, 6.45) is 13.1. The molecule has 0 aromatic rings. The van der Waals surface area contributed by atoms with E-state index in [1.807, 2.05) is 0 Å². The van der Waals surface area contributed by atoms with Gasteiger partial charge >= 0.3 is 0 Å². The summed E-state index contributed by atoms with van der Waals surface area (Å²) in [4.78, 5) is 0. The number of aliphatic hydroxyl groups excluding tert-OH is 1. The van der Waals surface area contributed by atoms with Gasteiger partial charge in [0.1, 0.15) is 0 Å². The van der Waals surface area contributed by atoms with Crippen LogP contribution >= 0.6 is 0 Å². The number of hydrogen-bond acceptors (Lipinski definition) is 3. The van der Waals surface area contributed by atoms with Crippen LogP contribution in [-0.2, 0) is 9.47 Å². The number of rotatable bonds is 14. The summed E-state index contributed by atoms with van der Waals surface area (Å²) in [5.41, 5.74) is 0.180. The molecule has 1 unspecified atom stereocenters. The molecule has 0 radical (unpaired) electrons. The van der Waals surface area contributed by atoms with Crippen LogP contribution in [0.4, 0.5) is 0 Å². The second-order valence-corrected chi connectivity index (χ2v) is 6.73. The minimum atomic E-state index is -0.585. The molecule has 1 aliphatic rings. The Morgan fingerprint density at radius 3 is 2.00 bits per heavy atom. The average Bonchev–Trinajstić information content (AvgIpc) is 2.45. The summed E-state index contributed by atoms with van der Waals surface area (Å²) in [7, 11) is 0. The molecule has 1 fully saturated rings. The summed E-state index contributed by atoms with van der Waals surface area (Å²) < 4.78 is 10.8. The summed E-state index contributed by atoms with van der Waals surface area (Å²) in [5.74, 6) is 0. The molecule has 1 rings (SSSR count). The van der Waals surface area contributed by atoms with Crippen molar-refractivity contribution in [3.05, 3.63) is 0 Å². The minimum Gasteiger partial charge on any atom is -0.380 e. The van der Waals surface area contributed by atoms with Gasteiger partial charge in [0.05, 0.1) is 19.8 Å². The van der Waals surface area contributed by atoms with Crippen LogP contribution in [-0.4, -0.2) is 31.2 Å². The van der Waals surface area contributed by atoms with Crippen LogP contribution < -0.4 is 0 Å². The van der Waals surface area contributed by atoms with Gasteiger partial charge in [-0.25, -0.2) is 0 Å². The van der Waals surface area contributed by atoms with Gasteiger partial charge in [-0.2, -0.15) is 0 Å². The van der Waals surface area contributed by atoms with Crippen molar-refractivity contribution in [2.45, 2.75) is 90.8 Å². The molecule has 1 N–H and O–H groups in total. The van der Waals surface area contributed by atoms with Crippen LogP contribution in [0, 0.1) is 5.41 Å². The van der Waals surface area contributed by atoms with Crippen LogP contribution in [0.3, 0.4) is 0 Å². The lowest BCUT2D eigenvalue weighted by Gasteiger charge is -2.40. The first-order valence-corrected chi connectivity index (χ1v) is 9.10. The van der Waals surface area contributed by atoms with E-state index in [1.54, 1.807) is 0 Å². The summed E-state index contributed by atoms with van der Waals surface area (Å²) in [5, 5.41) is 9.86. The lowest BCUT2D eigenvalue weighted by Crippen LogP contribution is -2.46. The molecular weight excluding hydrogens is 264 g/mol. The van der Waals surface area contributed by atoms with E-state index < -0.39 is 6.29 Å². The molecular formula is C18H36O3. The van der Waals surface area contributed by atoms with Crippen molar-refractivity contribution in [2.75, 3.05) is 19.8 Å². The van der Waals surface area contributed by atoms with Crippen LogP contribution in [0.1, 0.15) is 84.5 Å². The van der Waals surface area contributed by atoms with Gasteiger partial charge in [0.2, 0.25) is 0 Å². The topological polar surface area (TPSA) is 38.7 Å². The summed E-state index contributed by atoms with van der Waals surface area (Å²) in [6, 6.07) is 0. The quantitative estimate of drug-likeness (QED) is 0.374. The van der Waals surface area contributed by atoms with E-state index in [0.717, 1.165) is 32.5 Å². The van der Waals surface area contributed by atoms with Gasteiger partial charge in [-0.3, -0.25) is 0 Å². The second-order valence-electron chi connectivity index (χ2n) is 6.73. The first-order valence-electron chi connectivity index (χ1n) is 9.10. The smallest absolute Gasteiger partial charge is 0.154 e. The fraction of sp³-hybridized carbons (Fsp3) is 1.00. The summed E-state index contributed by atoms with van der Waals surface area (Å²) >= 11 is 0. The van der Waals surface area contributed by atoms with Crippen molar-refractivity contribution < 1.29 is 14.6 Å². The maximum atomic E-state index is 9.86. The lowest BCUT2D eigenvalue weighted by atomic mass is 9.84. The van der Waals surface area contributed by atoms with Gasteiger partial charge in [0.15, 0.2) is 6.29 Å². The molecule has 1 heterocycles. The number of hydrogen-bond donors (Lipinski definition) is 1. The number of ether oxygens (including phenoxy) is 2. The Morgan fingerprint density at radius 2 is 1.52 bits per heavy atom. The highest BCUT2D eigenvalue weighted by Gasteiger charge is 2.37. The molecule has 1 atom stereocenters. The van der Waals surface area contributed by atoms with Crippen molar-refractivity contribution in [3.8, 4) is 0 Å². The maximum Gasteiger partial charge on any atom is 0.154 e. The van der Waals surface area contributed by atoms with E-state index in [9.17, 15) is 5.11 Å². The molecule has 1 saturated heterocycles. The van der Waals surface area contributed by atoms with Gasteiger partial charge < -0.3 is 14.6 Å². The van der Waals surface area contributed by atoms with E-state index in [2.05, 4.69) is 13.8 Å². The van der Waals surface area contributed by atoms with E-state index in [1.165, 1.54) is 51.4 Å². The lowest BCUT2D eigenvalue weighted by molar-refractivity contribution is -0.194. The van der Waals surface area contributed by atoms with Crippen LogP contribution in [0.5, 0.6) is 0 Å². The van der Waals surface area contributed by atoms with Crippen molar-refractivity contribution >= 4 is 0 Å². The molecule has 21 heavy (non-hydrogen) atoms. The third-order valence-electron chi connectivity index (χ3n) is 4.70. The Balaban J connectivity index is 1.86. The van der Waals surface area contributed by atoms with Crippen molar-refractivity contribution in [2.24, 2.45) is 5.41 Å². The predicted octanol–water partition coefficient (Wildman–Crippen LogP) is 4.67. The van der Waals surface area contributed by atoms with Gasteiger partial charge in [-0.15, -0.1) is 0 Å². The highest BCUT2D eigenvalue weighted by molar-refractivity contribution is 4.84. The van der Waals surface area contributed by atoms with Gasteiger partial charge in [-0.1, -0.05) is 65.2 Å². The highest BCUT2D eigenvalue weighted by Crippen LogP contribution is 2.31. The molecule has 0 aliphatic carbocycles. The third-order valence-corrected chi connectivity index (χ3v) is 4.70. The van der Waals surface area contributed by atoms with Crippen LogP contribution in [0.2, 0.25) is 0 Å². The Kier molecular flexibility index (Phi) is 10.3. The monoisotopic (exact) mass is 300 g/mol. The zero-order valence-corrected chi connectivity index (χ0v) is 14.2. The minimum absolute atomic E-state index is 0.180. The average molecular weight is 300 g/mol. The number of unbranched alkanes of at least 4 members (excludes halogenated alkanes) is 8. The molecule has 0 spiro atoms. The number of aliphatic hydroxyl groups is 1. The molecule has 126 valence electrons. The molecule has 1 aliphatic heterocycles. The van der Waals surface area contributed by atoms with E-state index >= 15 is 0 Å². The Morgan fingerprint density at radius 1 is 0.952 bits per heavy atom. The van der Waals surface area contributed by atoms with E-state index in [0.29, 0.717) is 6.61 Å². The van der Waals surface area contributed by atoms with Crippen LogP contribution in [0.25, 0.3) is 0 Å². The first-order chi connectivity index (χ1) is 10.2. The Hall–Kier alpha value is -0.120. The summed E-state index contributed by atoms with van der Waals surface area (Å²) in [6.45, 7) is 6.64. The van der Waals surface area contributed by atoms with Crippen molar-refractivity contribution in [3.63, 3.8) is 0 Å². The molecule has 3 heteroatoms. The zero-order chi connectivity index (χ0) is 15.4. The second kappa shape index (κ2) is 11.4. The van der Waals surface area contributed by atoms with Gasteiger partial charge in [-0.05, 0) is 19.3 Å². The highest BCUT2D eigenvalue weighted by atomic mass is 16.6. The third kappa shape index (κ3) is 8.18. The van der Waals surface area contributed by atoms with E-state index in [-0.39, 0.29) is 5.41 Å². The molecule has 0 amide bonds. The Bertz CT molecular complexity index is 233. The standard InChI is InChI=1S/C18H36O3/c1-3-5-6-7-8-9-10-11-12-13-17(19)21-16-18(4-2)14-20-15-18/h17,19H,3-16H2,1-2H3. The molecule has 0 saturated carbocycles. The predicted molar refractivity (Wildman–Crippen MR) is 87.3 cm³/mol. The van der Waals surface area contributed by atoms with Crippen LogP contribution in [0.15, 0.2) is 0 Å². The first kappa shape index (κ1) is 18.9. The van der Waals surface area contributed by atoms with Crippen molar-refractivity contribution in [1.82, 2.24) is 0 Å². The SMILES string of the molecule is CCCCCCCCCCCC(O)OCC1(CC)COC1. The maximum absolute atomic E-state index is 9.86. The molecule has 0 bridgehead atoms. The fourth-order valence-electron chi connectivity index (χ4n) is 2.77. The normalized spacial score (nSPS) is 18.4. The van der Waals surface area contributed by atoms with Crippen molar-refractivity contribution in [1.29, 1.82) is 0 Å². The molecule has 0 aromatic heterocycles. The van der Waals surface area contributed by atoms with Gasteiger partial charge in [0, 0.05) is 5.41 Å². The Labute approximate surface area is 131 Å². The van der Waals surface area contributed by atoms with E-state index in [4.69, 9.17) is 9.47 Å². The molecule has 0 aromatic carbocycles.